The lowest BCUT2D eigenvalue weighted by atomic mass is 9.99. The third-order valence-corrected chi connectivity index (χ3v) is 8.39. The second kappa shape index (κ2) is 10.3. The van der Waals surface area contributed by atoms with Gasteiger partial charge in [0.25, 0.3) is 11.8 Å². The summed E-state index contributed by atoms with van der Waals surface area (Å²) in [5.74, 6) is -0.101. The number of imide groups is 1. The molecule has 0 spiro atoms. The predicted octanol–water partition coefficient (Wildman–Crippen LogP) is 4.17. The Kier molecular flexibility index (Phi) is 6.71. The summed E-state index contributed by atoms with van der Waals surface area (Å²) in [4.78, 5) is 52.2. The summed E-state index contributed by atoms with van der Waals surface area (Å²) in [5, 5.41) is 5.55. The molecule has 1 unspecified atom stereocenters. The number of nitrogens with one attached hydrogen (secondary N) is 2. The fourth-order valence-electron chi connectivity index (χ4n) is 5.62. The molecule has 1 atom stereocenters. The highest BCUT2D eigenvalue weighted by Gasteiger charge is 2.36. The maximum Gasteiger partial charge on any atom is 0.261 e. The second-order valence-corrected chi connectivity index (χ2v) is 11.3. The number of aromatic nitrogens is 2. The number of carbonyl (C=O) groups is 3. The van der Waals surface area contributed by atoms with Crippen LogP contribution < -0.4 is 5.32 Å². The lowest BCUT2D eigenvalue weighted by Crippen LogP contribution is -2.33. The number of hydrogen-bond donors (Lipinski definition) is 2. The van der Waals surface area contributed by atoms with Gasteiger partial charge in [-0.1, -0.05) is 12.1 Å². The van der Waals surface area contributed by atoms with Gasteiger partial charge in [0.15, 0.2) is 5.78 Å². The molecule has 1 aromatic carbocycles. The molecule has 196 valence electrons. The Morgan fingerprint density at radius 1 is 1.11 bits per heavy atom. The monoisotopic (exact) mass is 529 g/mol. The highest BCUT2D eigenvalue weighted by Crippen LogP contribution is 2.30. The summed E-state index contributed by atoms with van der Waals surface area (Å²) in [6.07, 6.45) is 8.16. The molecule has 0 radical (unpaired) electrons. The SMILES string of the molecule is CC(Cc1cccs1)NC1=C(c2nc3cc4c(cc3[nH]2)C(=O)N(CCCN2CCCC2)C4=O)C(=O)CC=C1. The van der Waals surface area contributed by atoms with Crippen LogP contribution in [0.15, 0.2) is 47.5 Å². The minimum Gasteiger partial charge on any atom is -0.382 e. The maximum atomic E-state index is 13.1. The van der Waals surface area contributed by atoms with Crippen LogP contribution in [0.1, 0.15) is 64.0 Å². The molecule has 4 heterocycles. The number of fused-ring (bicyclic) bond motifs is 2. The van der Waals surface area contributed by atoms with E-state index >= 15 is 0 Å². The number of aromatic amines is 1. The summed E-state index contributed by atoms with van der Waals surface area (Å²) in [6.45, 7) is 5.61. The molecule has 8 nitrogen and oxygen atoms in total. The first-order valence-corrected chi connectivity index (χ1v) is 14.2. The number of likely N-dealkylation sites (tertiary alicyclic amines) is 1. The van der Waals surface area contributed by atoms with Crippen LogP contribution in [0.4, 0.5) is 0 Å². The number of carbonyl (C=O) groups excluding carboxylic acids is 3. The van der Waals surface area contributed by atoms with Crippen molar-refractivity contribution in [1.29, 1.82) is 0 Å². The van der Waals surface area contributed by atoms with Crippen molar-refractivity contribution in [3.8, 4) is 0 Å². The van der Waals surface area contributed by atoms with Crippen molar-refractivity contribution >= 4 is 45.5 Å². The Bertz CT molecular complexity index is 1410. The summed E-state index contributed by atoms with van der Waals surface area (Å²) < 4.78 is 0. The molecular weight excluding hydrogens is 498 g/mol. The Labute approximate surface area is 225 Å². The number of imidazole rings is 1. The van der Waals surface area contributed by atoms with Crippen molar-refractivity contribution in [2.45, 2.75) is 45.1 Å². The van der Waals surface area contributed by atoms with Gasteiger partial charge in [-0.25, -0.2) is 4.98 Å². The van der Waals surface area contributed by atoms with Crippen LogP contribution in [0, 0.1) is 0 Å². The highest BCUT2D eigenvalue weighted by molar-refractivity contribution is 7.09. The third-order valence-electron chi connectivity index (χ3n) is 7.49. The third kappa shape index (κ3) is 4.72. The van der Waals surface area contributed by atoms with Gasteiger partial charge in [0.2, 0.25) is 0 Å². The van der Waals surface area contributed by atoms with Crippen LogP contribution in [0.5, 0.6) is 0 Å². The molecule has 9 heteroatoms. The summed E-state index contributed by atoms with van der Waals surface area (Å²) in [7, 11) is 0. The number of Topliss-reactive ketones (excluding diaryl/α,β-unsaturated/α-hetero) is 1. The van der Waals surface area contributed by atoms with Crippen LogP contribution >= 0.6 is 11.3 Å². The number of ketones is 1. The number of thiophene rings is 1. The molecule has 2 amide bonds. The van der Waals surface area contributed by atoms with Gasteiger partial charge < -0.3 is 15.2 Å². The van der Waals surface area contributed by atoms with E-state index in [1.54, 1.807) is 23.5 Å². The van der Waals surface area contributed by atoms with Gasteiger partial charge in [0.1, 0.15) is 5.82 Å². The quantitative estimate of drug-likeness (QED) is 0.404. The van der Waals surface area contributed by atoms with Crippen LogP contribution in [0.3, 0.4) is 0 Å². The Morgan fingerprint density at radius 3 is 2.66 bits per heavy atom. The lowest BCUT2D eigenvalue weighted by molar-refractivity contribution is -0.113. The van der Waals surface area contributed by atoms with Gasteiger partial charge in [-0.05, 0) is 75.5 Å². The second-order valence-electron chi connectivity index (χ2n) is 10.3. The molecule has 2 N–H and O–H groups in total. The highest BCUT2D eigenvalue weighted by atomic mass is 32.1. The molecule has 2 aromatic heterocycles. The smallest absolute Gasteiger partial charge is 0.261 e. The van der Waals surface area contributed by atoms with E-state index in [2.05, 4.69) is 33.6 Å². The Hall–Kier alpha value is -3.56. The van der Waals surface area contributed by atoms with Gasteiger partial charge in [-0.15, -0.1) is 11.3 Å². The number of allylic oxidation sites excluding steroid dienone is 3. The van der Waals surface area contributed by atoms with Crippen molar-refractivity contribution in [2.75, 3.05) is 26.2 Å². The molecule has 1 aliphatic carbocycles. The minimum absolute atomic E-state index is 0.0266. The molecule has 1 saturated heterocycles. The van der Waals surface area contributed by atoms with Crippen LogP contribution in [0.25, 0.3) is 16.6 Å². The largest absolute Gasteiger partial charge is 0.382 e. The number of H-pyrrole nitrogens is 1. The van der Waals surface area contributed by atoms with Crippen molar-refractivity contribution in [3.05, 3.63) is 69.3 Å². The Morgan fingerprint density at radius 2 is 1.89 bits per heavy atom. The fourth-order valence-corrected chi connectivity index (χ4v) is 6.46. The van der Waals surface area contributed by atoms with E-state index < -0.39 is 0 Å². The number of rotatable bonds is 9. The standard InChI is InChI=1S/C29H31N5O3S/c1-18(15-19-7-5-14-38-19)30-22-8-4-9-25(35)26(22)27-31-23-16-20-21(17-24(23)32-27)29(37)34(28(20)36)13-6-12-33-10-2-3-11-33/h4-5,7-8,14,16-18,30H,2-3,6,9-13,15H2,1H3,(H,31,32). The molecule has 38 heavy (non-hydrogen) atoms. The number of amides is 2. The van der Waals surface area contributed by atoms with E-state index in [-0.39, 0.29) is 23.6 Å². The summed E-state index contributed by atoms with van der Waals surface area (Å²) >= 11 is 1.71. The van der Waals surface area contributed by atoms with Gasteiger partial charge in [0, 0.05) is 36.0 Å². The summed E-state index contributed by atoms with van der Waals surface area (Å²) in [6, 6.07) is 7.65. The molecular formula is C29H31N5O3S. The molecule has 2 aliphatic heterocycles. The average molecular weight is 530 g/mol. The van der Waals surface area contributed by atoms with Crippen molar-refractivity contribution in [1.82, 2.24) is 25.1 Å². The molecule has 6 rings (SSSR count). The van der Waals surface area contributed by atoms with Crippen molar-refractivity contribution in [3.63, 3.8) is 0 Å². The first kappa shape index (κ1) is 24.8. The topological polar surface area (TPSA) is 98.4 Å². The van der Waals surface area contributed by atoms with Crippen molar-refractivity contribution in [2.24, 2.45) is 0 Å². The fraction of sp³-hybridized carbons (Fsp3) is 0.379. The maximum absolute atomic E-state index is 13.1. The van der Waals surface area contributed by atoms with Gasteiger partial charge >= 0.3 is 0 Å². The molecule has 3 aromatic rings. The van der Waals surface area contributed by atoms with E-state index in [9.17, 15) is 14.4 Å². The molecule has 0 saturated carbocycles. The zero-order chi connectivity index (χ0) is 26.2. The summed E-state index contributed by atoms with van der Waals surface area (Å²) in [5.41, 5.74) is 3.22. The first-order chi connectivity index (χ1) is 18.5. The minimum atomic E-state index is -0.265. The average Bonchev–Trinajstić information content (AvgIpc) is 3.69. The zero-order valence-corrected chi connectivity index (χ0v) is 22.3. The van der Waals surface area contributed by atoms with Gasteiger partial charge in [0.05, 0.1) is 27.7 Å². The lowest BCUT2D eigenvalue weighted by Gasteiger charge is -2.20. The van der Waals surface area contributed by atoms with E-state index in [4.69, 9.17) is 4.98 Å². The predicted molar refractivity (Wildman–Crippen MR) is 148 cm³/mol. The first-order valence-electron chi connectivity index (χ1n) is 13.3. The van der Waals surface area contributed by atoms with E-state index in [1.165, 1.54) is 22.6 Å². The zero-order valence-electron chi connectivity index (χ0n) is 21.5. The van der Waals surface area contributed by atoms with E-state index in [0.717, 1.165) is 38.2 Å². The van der Waals surface area contributed by atoms with Crippen molar-refractivity contribution < 1.29 is 14.4 Å². The molecule has 0 bridgehead atoms. The number of nitrogens with zero attached hydrogens (tertiary/aromatic N) is 3. The molecule has 1 fully saturated rings. The van der Waals surface area contributed by atoms with E-state index in [1.807, 2.05) is 18.2 Å². The van der Waals surface area contributed by atoms with Crippen LogP contribution in [-0.4, -0.2) is 69.6 Å². The number of benzene rings is 1. The van der Waals surface area contributed by atoms with Gasteiger partial charge in [-0.2, -0.15) is 0 Å². The molecule has 3 aliphatic rings. The normalized spacial score (nSPS) is 18.8. The van der Waals surface area contributed by atoms with Crippen LogP contribution in [-0.2, 0) is 11.2 Å². The van der Waals surface area contributed by atoms with Gasteiger partial charge in [-0.3, -0.25) is 19.3 Å². The Balaban J connectivity index is 1.24. The number of hydrogen-bond acceptors (Lipinski definition) is 7. The van der Waals surface area contributed by atoms with E-state index in [0.29, 0.717) is 46.5 Å². The van der Waals surface area contributed by atoms with Crippen LogP contribution in [0.2, 0.25) is 0 Å².